The van der Waals surface area contributed by atoms with Crippen LogP contribution in [0.5, 0.6) is 0 Å². The molecule has 7 heteroatoms. The molecule has 1 unspecified atom stereocenters. The minimum atomic E-state index is -0.251. The minimum Gasteiger partial charge on any atom is -0.331 e. The highest BCUT2D eigenvalue weighted by molar-refractivity contribution is 6.48. The first kappa shape index (κ1) is 18.7. The number of amides is 2. The van der Waals surface area contributed by atoms with Gasteiger partial charge in [-0.25, -0.2) is 4.79 Å². The predicted octanol–water partition coefficient (Wildman–Crippen LogP) is 4.44. The van der Waals surface area contributed by atoms with Gasteiger partial charge < -0.3 is 15.1 Å². The average Bonchev–Trinajstić information content (AvgIpc) is 2.52. The van der Waals surface area contributed by atoms with Crippen LogP contribution >= 0.6 is 34.8 Å². The molecule has 2 amide bonds. The Kier molecular flexibility index (Phi) is 6.43. The second-order valence-electron chi connectivity index (χ2n) is 6.08. The second kappa shape index (κ2) is 7.93. The third-order valence-corrected chi connectivity index (χ3v) is 5.74. The molecule has 0 saturated carbocycles. The number of urea groups is 1. The highest BCUT2D eigenvalue weighted by atomic mass is 35.5. The summed E-state index contributed by atoms with van der Waals surface area (Å²) in [7, 11) is 3.94. The third kappa shape index (κ3) is 4.44. The molecular weight excluding hydrogens is 357 g/mol. The maximum absolute atomic E-state index is 12.5. The molecule has 23 heavy (non-hydrogen) atoms. The molecular formula is C16H22Cl3N3O. The molecule has 1 atom stereocenters. The van der Waals surface area contributed by atoms with Gasteiger partial charge in [0.05, 0.1) is 21.1 Å². The van der Waals surface area contributed by atoms with E-state index in [0.29, 0.717) is 15.1 Å². The van der Waals surface area contributed by atoms with Crippen molar-refractivity contribution in [1.29, 1.82) is 0 Å². The Morgan fingerprint density at radius 1 is 1.26 bits per heavy atom. The summed E-state index contributed by atoms with van der Waals surface area (Å²) in [4.78, 5) is 16.5. The number of carbonyl (C=O) groups excluding carboxylic acids is 1. The van der Waals surface area contributed by atoms with Crippen LogP contribution in [0.25, 0.3) is 0 Å². The molecule has 2 rings (SSSR count). The van der Waals surface area contributed by atoms with Gasteiger partial charge >= 0.3 is 6.03 Å². The topological polar surface area (TPSA) is 35.6 Å². The van der Waals surface area contributed by atoms with Crippen molar-refractivity contribution < 1.29 is 4.79 Å². The number of piperidine rings is 1. The van der Waals surface area contributed by atoms with Crippen LogP contribution in [0.1, 0.15) is 31.4 Å². The molecule has 0 radical (unpaired) electrons. The highest BCUT2D eigenvalue weighted by Gasteiger charge is 2.25. The number of hydrogen-bond donors (Lipinski definition) is 1. The molecule has 1 heterocycles. The molecule has 0 spiro atoms. The number of likely N-dealkylation sites (tertiary alicyclic amines) is 1. The van der Waals surface area contributed by atoms with E-state index in [1.54, 1.807) is 17.0 Å². The van der Waals surface area contributed by atoms with Crippen molar-refractivity contribution in [2.24, 2.45) is 0 Å². The predicted molar refractivity (Wildman–Crippen MR) is 96.7 cm³/mol. The third-order valence-electron chi connectivity index (χ3n) is 4.43. The summed E-state index contributed by atoms with van der Waals surface area (Å²) in [5.74, 6) is 0. The lowest BCUT2D eigenvalue weighted by Crippen LogP contribution is -2.48. The zero-order valence-electron chi connectivity index (χ0n) is 13.6. The van der Waals surface area contributed by atoms with Crippen LogP contribution in [0.3, 0.4) is 0 Å². The van der Waals surface area contributed by atoms with Crippen LogP contribution < -0.4 is 5.32 Å². The van der Waals surface area contributed by atoms with E-state index in [9.17, 15) is 4.79 Å². The van der Waals surface area contributed by atoms with Crippen LogP contribution in [-0.2, 0) is 0 Å². The summed E-state index contributed by atoms with van der Waals surface area (Å²) in [5, 5.41) is 4.08. The van der Waals surface area contributed by atoms with Gasteiger partial charge in [-0.2, -0.15) is 0 Å². The summed E-state index contributed by atoms with van der Waals surface area (Å²) >= 11 is 18.2. The number of nitrogens with zero attached hydrogens (tertiary/aromatic N) is 2. The van der Waals surface area contributed by atoms with Gasteiger partial charge in [0.1, 0.15) is 0 Å². The number of halogens is 3. The molecule has 1 aliphatic heterocycles. The molecule has 1 fully saturated rings. The molecule has 0 aromatic heterocycles. The maximum Gasteiger partial charge on any atom is 0.317 e. The van der Waals surface area contributed by atoms with Gasteiger partial charge in [0.15, 0.2) is 0 Å². The average molecular weight is 379 g/mol. The van der Waals surface area contributed by atoms with Crippen LogP contribution in [-0.4, -0.2) is 49.1 Å². The van der Waals surface area contributed by atoms with Crippen LogP contribution in [0.4, 0.5) is 4.79 Å². The van der Waals surface area contributed by atoms with E-state index in [1.807, 2.05) is 14.0 Å². The van der Waals surface area contributed by atoms with Crippen molar-refractivity contribution in [3.8, 4) is 0 Å². The van der Waals surface area contributed by atoms with Crippen LogP contribution in [0.15, 0.2) is 12.1 Å². The van der Waals surface area contributed by atoms with Crippen molar-refractivity contribution in [2.45, 2.75) is 31.8 Å². The summed E-state index contributed by atoms with van der Waals surface area (Å²) in [5.41, 5.74) is 0.756. The number of nitrogens with one attached hydrogen (secondary N) is 1. The van der Waals surface area contributed by atoms with Gasteiger partial charge in [-0.3, -0.25) is 0 Å². The number of hydrogen-bond acceptors (Lipinski definition) is 2. The standard InChI is InChI=1S/C16H22Cl3N3O/c1-10(12-4-5-13(17)15(19)14(12)18)20-16(23)22(3)11-6-8-21(2)9-7-11/h4-5,10-11H,6-9H2,1-3H3,(H,20,23). The smallest absolute Gasteiger partial charge is 0.317 e. The molecule has 0 aliphatic carbocycles. The van der Waals surface area contributed by atoms with E-state index in [2.05, 4.69) is 17.3 Å². The van der Waals surface area contributed by atoms with E-state index in [4.69, 9.17) is 34.8 Å². The van der Waals surface area contributed by atoms with Crippen molar-refractivity contribution in [3.63, 3.8) is 0 Å². The van der Waals surface area contributed by atoms with Crippen LogP contribution in [0, 0.1) is 0 Å². The van der Waals surface area contributed by atoms with E-state index in [-0.39, 0.29) is 18.1 Å². The number of rotatable bonds is 3. The first-order chi connectivity index (χ1) is 10.8. The fraction of sp³-hybridized carbons (Fsp3) is 0.562. The lowest BCUT2D eigenvalue weighted by molar-refractivity contribution is 0.146. The SMILES string of the molecule is CC(NC(=O)N(C)C1CCN(C)CC1)c1ccc(Cl)c(Cl)c1Cl. The Morgan fingerprint density at radius 3 is 2.48 bits per heavy atom. The maximum atomic E-state index is 12.5. The van der Waals surface area contributed by atoms with E-state index in [0.717, 1.165) is 31.5 Å². The molecule has 4 nitrogen and oxygen atoms in total. The first-order valence-corrected chi connectivity index (χ1v) is 8.80. The zero-order valence-corrected chi connectivity index (χ0v) is 15.8. The van der Waals surface area contributed by atoms with E-state index in [1.165, 1.54) is 0 Å². The van der Waals surface area contributed by atoms with Gasteiger partial charge in [0, 0.05) is 13.1 Å². The second-order valence-corrected chi connectivity index (χ2v) is 7.24. The van der Waals surface area contributed by atoms with Gasteiger partial charge in [0.2, 0.25) is 0 Å². The summed E-state index contributed by atoms with van der Waals surface area (Å²) in [6.07, 6.45) is 1.98. The molecule has 1 aliphatic rings. The fourth-order valence-corrected chi connectivity index (χ4v) is 3.49. The Bertz CT molecular complexity index is 574. The summed E-state index contributed by atoms with van der Waals surface area (Å²) in [6, 6.07) is 3.39. The summed E-state index contributed by atoms with van der Waals surface area (Å²) in [6.45, 7) is 3.90. The monoisotopic (exact) mass is 377 g/mol. The minimum absolute atomic E-state index is 0.103. The molecule has 1 aromatic rings. The Balaban J connectivity index is 2.01. The lowest BCUT2D eigenvalue weighted by Gasteiger charge is -2.35. The van der Waals surface area contributed by atoms with Gasteiger partial charge in [-0.1, -0.05) is 40.9 Å². The Labute approximate surface area is 152 Å². The first-order valence-electron chi connectivity index (χ1n) is 7.66. The molecule has 1 N–H and O–H groups in total. The van der Waals surface area contributed by atoms with Gasteiger partial charge in [0.25, 0.3) is 0 Å². The van der Waals surface area contributed by atoms with Crippen molar-refractivity contribution in [3.05, 3.63) is 32.8 Å². The van der Waals surface area contributed by atoms with Crippen molar-refractivity contribution in [2.75, 3.05) is 27.2 Å². The van der Waals surface area contributed by atoms with E-state index < -0.39 is 0 Å². The quantitative estimate of drug-likeness (QED) is 0.789. The lowest BCUT2D eigenvalue weighted by atomic mass is 10.0. The number of carbonyl (C=O) groups is 1. The van der Waals surface area contributed by atoms with Crippen molar-refractivity contribution in [1.82, 2.24) is 15.1 Å². The zero-order chi connectivity index (χ0) is 17.1. The van der Waals surface area contributed by atoms with E-state index >= 15 is 0 Å². The Hall–Kier alpha value is -0.680. The van der Waals surface area contributed by atoms with Crippen molar-refractivity contribution >= 4 is 40.8 Å². The Morgan fingerprint density at radius 2 is 1.87 bits per heavy atom. The van der Waals surface area contributed by atoms with Gasteiger partial charge in [-0.15, -0.1) is 0 Å². The fourth-order valence-electron chi connectivity index (χ4n) is 2.79. The normalized spacial score (nSPS) is 17.8. The molecule has 1 aromatic carbocycles. The largest absolute Gasteiger partial charge is 0.331 e. The van der Waals surface area contributed by atoms with Crippen LogP contribution in [0.2, 0.25) is 15.1 Å². The molecule has 128 valence electrons. The van der Waals surface area contributed by atoms with Gasteiger partial charge in [-0.05, 0) is 51.5 Å². The molecule has 0 bridgehead atoms. The molecule has 1 saturated heterocycles. The number of benzene rings is 1. The summed E-state index contributed by atoms with van der Waals surface area (Å²) < 4.78 is 0. The highest BCUT2D eigenvalue weighted by Crippen LogP contribution is 2.35.